The molecule has 1 rings (SSSR count). The number of hydrogen-bond donors (Lipinski definition) is 1. The van der Waals surface area contributed by atoms with Gasteiger partial charge in [-0.2, -0.15) is 13.2 Å². The zero-order valence-electron chi connectivity index (χ0n) is 8.62. The van der Waals surface area contributed by atoms with Crippen molar-refractivity contribution in [1.82, 2.24) is 0 Å². The average molecular weight is 256 g/mol. The number of ether oxygens (including phenoxy) is 1. The third kappa shape index (κ3) is 4.28. The number of benzene rings is 1. The molecule has 1 aromatic rings. The van der Waals surface area contributed by atoms with Crippen LogP contribution in [0.1, 0.15) is 5.56 Å². The van der Waals surface area contributed by atoms with Crippen molar-refractivity contribution in [2.45, 2.75) is 18.6 Å². The monoisotopic (exact) mass is 255 g/mol. The van der Waals surface area contributed by atoms with Crippen molar-refractivity contribution in [2.24, 2.45) is 5.73 Å². The Hall–Kier alpha value is -0.940. The Morgan fingerprint density at radius 2 is 2.00 bits per heavy atom. The maximum Gasteiger partial charge on any atom is 0.403 e. The quantitative estimate of drug-likeness (QED) is 0.901. The van der Waals surface area contributed by atoms with E-state index in [9.17, 15) is 13.2 Å². The first kappa shape index (κ1) is 15.1. The highest BCUT2D eigenvalue weighted by Crippen LogP contribution is 2.22. The van der Waals surface area contributed by atoms with Gasteiger partial charge in [-0.3, -0.25) is 0 Å². The Kier molecular flexibility index (Phi) is 5.61. The molecule has 0 aliphatic carbocycles. The second kappa shape index (κ2) is 5.96. The molecule has 92 valence electrons. The lowest BCUT2D eigenvalue weighted by molar-refractivity contribution is -0.147. The van der Waals surface area contributed by atoms with Crippen LogP contribution in [0.4, 0.5) is 13.2 Å². The average Bonchev–Trinajstić information content (AvgIpc) is 2.16. The van der Waals surface area contributed by atoms with Crippen LogP contribution < -0.4 is 10.5 Å². The van der Waals surface area contributed by atoms with Gasteiger partial charge in [0.25, 0.3) is 0 Å². The van der Waals surface area contributed by atoms with Crippen molar-refractivity contribution in [2.75, 3.05) is 7.11 Å². The largest absolute Gasteiger partial charge is 0.497 e. The van der Waals surface area contributed by atoms with Gasteiger partial charge in [0.15, 0.2) is 0 Å². The van der Waals surface area contributed by atoms with E-state index in [1.165, 1.54) is 7.11 Å². The number of rotatable bonds is 3. The van der Waals surface area contributed by atoms with Crippen LogP contribution in [0.2, 0.25) is 0 Å². The zero-order valence-corrected chi connectivity index (χ0v) is 9.44. The second-order valence-corrected chi connectivity index (χ2v) is 3.20. The molecule has 0 amide bonds. The van der Waals surface area contributed by atoms with Crippen LogP contribution in [0.5, 0.6) is 5.75 Å². The van der Waals surface area contributed by atoms with E-state index >= 15 is 0 Å². The number of alkyl halides is 3. The molecule has 2 nitrogen and oxygen atoms in total. The highest BCUT2D eigenvalue weighted by molar-refractivity contribution is 5.85. The SMILES string of the molecule is COc1cccc(CC(N)C(F)(F)F)c1.Cl. The summed E-state index contributed by atoms with van der Waals surface area (Å²) in [5, 5.41) is 0. The first-order chi connectivity index (χ1) is 6.93. The highest BCUT2D eigenvalue weighted by atomic mass is 35.5. The van der Waals surface area contributed by atoms with Crippen molar-refractivity contribution < 1.29 is 17.9 Å². The molecule has 16 heavy (non-hydrogen) atoms. The summed E-state index contributed by atoms with van der Waals surface area (Å²) in [6.07, 6.45) is -4.59. The van der Waals surface area contributed by atoms with Gasteiger partial charge in [-0.1, -0.05) is 12.1 Å². The Bertz CT molecular complexity index is 330. The van der Waals surface area contributed by atoms with Gasteiger partial charge >= 0.3 is 6.18 Å². The first-order valence-electron chi connectivity index (χ1n) is 4.38. The minimum atomic E-state index is -4.36. The van der Waals surface area contributed by atoms with Crippen LogP contribution >= 0.6 is 12.4 Å². The van der Waals surface area contributed by atoms with E-state index in [0.717, 1.165) is 0 Å². The molecule has 6 heteroatoms. The van der Waals surface area contributed by atoms with Crippen LogP contribution in [0, 0.1) is 0 Å². The standard InChI is InChI=1S/C10H12F3NO.ClH/c1-15-8-4-2-3-7(5-8)6-9(14)10(11,12)13;/h2-5,9H,6,14H2,1H3;1H. The Labute approximate surface area is 98.0 Å². The van der Waals surface area contributed by atoms with Gasteiger partial charge in [-0.15, -0.1) is 12.4 Å². The summed E-state index contributed by atoms with van der Waals surface area (Å²) < 4.78 is 41.4. The number of nitrogens with two attached hydrogens (primary N) is 1. The summed E-state index contributed by atoms with van der Waals surface area (Å²) in [6.45, 7) is 0. The second-order valence-electron chi connectivity index (χ2n) is 3.20. The summed E-state index contributed by atoms with van der Waals surface area (Å²) >= 11 is 0. The smallest absolute Gasteiger partial charge is 0.403 e. The molecule has 0 radical (unpaired) electrons. The summed E-state index contributed by atoms with van der Waals surface area (Å²) in [7, 11) is 1.46. The molecule has 0 saturated heterocycles. The van der Waals surface area contributed by atoms with Gasteiger partial charge in [0.2, 0.25) is 0 Å². The van der Waals surface area contributed by atoms with E-state index in [1.54, 1.807) is 24.3 Å². The number of methoxy groups -OCH3 is 1. The fraction of sp³-hybridized carbons (Fsp3) is 0.400. The van der Waals surface area contributed by atoms with Crippen LogP contribution in [-0.2, 0) is 6.42 Å². The summed E-state index contributed by atoms with van der Waals surface area (Å²) in [6, 6.07) is 4.61. The molecule has 0 aliphatic rings. The van der Waals surface area contributed by atoms with E-state index in [0.29, 0.717) is 11.3 Å². The van der Waals surface area contributed by atoms with E-state index < -0.39 is 12.2 Å². The predicted octanol–water partition coefficient (Wildman–Crippen LogP) is 2.55. The third-order valence-electron chi connectivity index (χ3n) is 2.01. The summed E-state index contributed by atoms with van der Waals surface area (Å²) in [5.41, 5.74) is 5.52. The van der Waals surface area contributed by atoms with Gasteiger partial charge in [-0.25, -0.2) is 0 Å². The highest BCUT2D eigenvalue weighted by Gasteiger charge is 2.36. The van der Waals surface area contributed by atoms with Crippen molar-refractivity contribution >= 4 is 12.4 Å². The minimum absolute atomic E-state index is 0. The zero-order chi connectivity index (χ0) is 11.5. The van der Waals surface area contributed by atoms with E-state index in [-0.39, 0.29) is 18.8 Å². The Morgan fingerprint density at radius 3 is 2.50 bits per heavy atom. The summed E-state index contributed by atoms with van der Waals surface area (Å²) in [5.74, 6) is 0.530. The maximum absolute atomic E-state index is 12.2. The number of hydrogen-bond acceptors (Lipinski definition) is 2. The molecule has 0 spiro atoms. The van der Waals surface area contributed by atoms with Gasteiger partial charge in [0, 0.05) is 0 Å². The third-order valence-corrected chi connectivity index (χ3v) is 2.01. The van der Waals surface area contributed by atoms with Crippen molar-refractivity contribution in [3.63, 3.8) is 0 Å². The van der Waals surface area contributed by atoms with Gasteiger partial charge in [0.05, 0.1) is 7.11 Å². The topological polar surface area (TPSA) is 35.2 Å². The number of halogens is 4. The Balaban J connectivity index is 0.00000225. The van der Waals surface area contributed by atoms with Crippen molar-refractivity contribution in [3.8, 4) is 5.75 Å². The molecule has 0 fully saturated rings. The van der Waals surface area contributed by atoms with Crippen molar-refractivity contribution in [1.29, 1.82) is 0 Å². The van der Waals surface area contributed by atoms with E-state index in [4.69, 9.17) is 10.5 Å². The molecule has 0 saturated carbocycles. The molecule has 0 heterocycles. The van der Waals surface area contributed by atoms with E-state index in [1.807, 2.05) is 0 Å². The fourth-order valence-corrected chi connectivity index (χ4v) is 1.17. The fourth-order valence-electron chi connectivity index (χ4n) is 1.17. The van der Waals surface area contributed by atoms with Crippen LogP contribution in [-0.4, -0.2) is 19.3 Å². The maximum atomic E-state index is 12.2. The minimum Gasteiger partial charge on any atom is -0.497 e. The summed E-state index contributed by atoms with van der Waals surface area (Å²) in [4.78, 5) is 0. The molecule has 0 bridgehead atoms. The molecule has 1 unspecified atom stereocenters. The van der Waals surface area contributed by atoms with Gasteiger partial charge in [-0.05, 0) is 24.1 Å². The van der Waals surface area contributed by atoms with E-state index in [2.05, 4.69) is 0 Å². The van der Waals surface area contributed by atoms with Gasteiger partial charge in [0.1, 0.15) is 11.8 Å². The van der Waals surface area contributed by atoms with Crippen LogP contribution in [0.15, 0.2) is 24.3 Å². The predicted molar refractivity (Wildman–Crippen MR) is 58.0 cm³/mol. The lowest BCUT2D eigenvalue weighted by Gasteiger charge is -2.15. The van der Waals surface area contributed by atoms with Crippen molar-refractivity contribution in [3.05, 3.63) is 29.8 Å². The van der Waals surface area contributed by atoms with Gasteiger partial charge < -0.3 is 10.5 Å². The normalized spacial score (nSPS) is 12.8. The molecule has 1 atom stereocenters. The molecular formula is C10H13ClF3NO. The lowest BCUT2D eigenvalue weighted by atomic mass is 10.1. The molecule has 0 aromatic heterocycles. The molecule has 1 aromatic carbocycles. The van der Waals surface area contributed by atoms with Crippen LogP contribution in [0.25, 0.3) is 0 Å². The molecule has 0 aliphatic heterocycles. The lowest BCUT2D eigenvalue weighted by Crippen LogP contribution is -2.39. The Morgan fingerprint density at radius 1 is 1.38 bits per heavy atom. The van der Waals surface area contributed by atoms with Crippen LogP contribution in [0.3, 0.4) is 0 Å². The molecule has 2 N–H and O–H groups in total. The first-order valence-corrected chi connectivity index (χ1v) is 4.38. The molecular weight excluding hydrogens is 243 g/mol.